The summed E-state index contributed by atoms with van der Waals surface area (Å²) in [5, 5.41) is 10.00. The topological polar surface area (TPSA) is 32.7 Å². The predicted molar refractivity (Wildman–Crippen MR) is 77.6 cm³/mol. The van der Waals surface area contributed by atoms with E-state index >= 15 is 0 Å². The molecule has 1 saturated heterocycles. The average molecular weight is 263 g/mol. The molecular weight excluding hydrogens is 238 g/mol. The van der Waals surface area contributed by atoms with Crippen LogP contribution in [0.25, 0.3) is 0 Å². The molecule has 2 rings (SSSR count). The van der Waals surface area contributed by atoms with Gasteiger partial charge in [0.25, 0.3) is 0 Å². The van der Waals surface area contributed by atoms with Crippen LogP contribution in [0.5, 0.6) is 5.75 Å². The molecule has 0 amide bonds. The largest absolute Gasteiger partial charge is 0.491 e. The van der Waals surface area contributed by atoms with Crippen molar-refractivity contribution in [3.63, 3.8) is 0 Å². The molecule has 0 unspecified atom stereocenters. The van der Waals surface area contributed by atoms with Gasteiger partial charge in [-0.1, -0.05) is 25.5 Å². The van der Waals surface area contributed by atoms with E-state index in [0.717, 1.165) is 31.8 Å². The number of hydrogen-bond donors (Lipinski definition) is 1. The summed E-state index contributed by atoms with van der Waals surface area (Å²) in [6.07, 6.45) is 4.48. The molecule has 0 aromatic heterocycles. The van der Waals surface area contributed by atoms with Gasteiger partial charge in [-0.25, -0.2) is 0 Å². The number of hydrogen-bond acceptors (Lipinski definition) is 3. The molecule has 1 aliphatic rings. The van der Waals surface area contributed by atoms with Crippen molar-refractivity contribution in [1.82, 2.24) is 4.90 Å². The van der Waals surface area contributed by atoms with E-state index in [4.69, 9.17) is 4.74 Å². The molecule has 1 atom stereocenters. The van der Waals surface area contributed by atoms with Crippen molar-refractivity contribution in [3.8, 4) is 5.75 Å². The monoisotopic (exact) mass is 263 g/mol. The average Bonchev–Trinajstić information content (AvgIpc) is 2.47. The zero-order valence-electron chi connectivity index (χ0n) is 11.8. The molecule has 0 radical (unpaired) electrons. The molecule has 0 aliphatic carbocycles. The quantitative estimate of drug-likeness (QED) is 0.856. The third-order valence-electron chi connectivity index (χ3n) is 3.69. The predicted octanol–water partition coefficient (Wildman–Crippen LogP) is 2.47. The SMILES string of the molecule is CCc1ccc(OC[C@@H](O)CN2CCCCC2)cc1. The molecule has 19 heavy (non-hydrogen) atoms. The summed E-state index contributed by atoms with van der Waals surface area (Å²) in [5.74, 6) is 0.842. The minimum Gasteiger partial charge on any atom is -0.491 e. The van der Waals surface area contributed by atoms with Crippen molar-refractivity contribution in [2.75, 3.05) is 26.2 Å². The third kappa shape index (κ3) is 4.84. The van der Waals surface area contributed by atoms with Crippen LogP contribution in [-0.4, -0.2) is 42.4 Å². The fourth-order valence-corrected chi connectivity index (χ4v) is 2.51. The Balaban J connectivity index is 1.71. The van der Waals surface area contributed by atoms with Gasteiger partial charge >= 0.3 is 0 Å². The number of rotatable bonds is 6. The molecule has 1 fully saturated rings. The van der Waals surface area contributed by atoms with Gasteiger partial charge in [0, 0.05) is 6.54 Å². The number of β-amino-alcohol motifs (C(OH)–C–C–N with tert-alkyl or cyclic N) is 1. The minimum atomic E-state index is -0.399. The number of ether oxygens (including phenoxy) is 1. The lowest BCUT2D eigenvalue weighted by Crippen LogP contribution is -2.38. The lowest BCUT2D eigenvalue weighted by atomic mass is 10.1. The first kappa shape index (κ1) is 14.4. The molecule has 0 spiro atoms. The van der Waals surface area contributed by atoms with Gasteiger partial charge in [-0.15, -0.1) is 0 Å². The smallest absolute Gasteiger partial charge is 0.119 e. The first-order chi connectivity index (χ1) is 9.28. The first-order valence-corrected chi connectivity index (χ1v) is 7.40. The van der Waals surface area contributed by atoms with E-state index in [1.165, 1.54) is 24.8 Å². The van der Waals surface area contributed by atoms with Crippen LogP contribution in [0.4, 0.5) is 0 Å². The molecule has 1 aromatic carbocycles. The van der Waals surface area contributed by atoms with E-state index in [1.54, 1.807) is 0 Å². The van der Waals surface area contributed by atoms with Crippen molar-refractivity contribution in [1.29, 1.82) is 0 Å². The van der Waals surface area contributed by atoms with Crippen molar-refractivity contribution < 1.29 is 9.84 Å². The Morgan fingerprint density at radius 1 is 1.16 bits per heavy atom. The second-order valence-electron chi connectivity index (χ2n) is 5.32. The molecule has 1 aliphatic heterocycles. The molecule has 0 saturated carbocycles. The van der Waals surface area contributed by atoms with Crippen molar-refractivity contribution in [2.45, 2.75) is 38.7 Å². The fourth-order valence-electron chi connectivity index (χ4n) is 2.51. The molecule has 106 valence electrons. The molecule has 3 heteroatoms. The fraction of sp³-hybridized carbons (Fsp3) is 0.625. The minimum absolute atomic E-state index is 0.377. The van der Waals surface area contributed by atoms with E-state index in [1.807, 2.05) is 12.1 Å². The van der Waals surface area contributed by atoms with Gasteiger partial charge in [-0.3, -0.25) is 0 Å². The highest BCUT2D eigenvalue weighted by molar-refractivity contribution is 5.27. The molecule has 3 nitrogen and oxygen atoms in total. The summed E-state index contributed by atoms with van der Waals surface area (Å²) in [6.45, 7) is 5.47. The van der Waals surface area contributed by atoms with Crippen LogP contribution in [0.1, 0.15) is 31.7 Å². The van der Waals surface area contributed by atoms with Crippen LogP contribution < -0.4 is 4.74 Å². The van der Waals surface area contributed by atoms with Crippen LogP contribution in [0.15, 0.2) is 24.3 Å². The number of aliphatic hydroxyl groups excluding tert-OH is 1. The summed E-state index contributed by atoms with van der Waals surface area (Å²) >= 11 is 0. The van der Waals surface area contributed by atoms with Crippen molar-refractivity contribution in [3.05, 3.63) is 29.8 Å². The van der Waals surface area contributed by atoms with Crippen LogP contribution in [0, 0.1) is 0 Å². The lowest BCUT2D eigenvalue weighted by molar-refractivity contribution is 0.0617. The first-order valence-electron chi connectivity index (χ1n) is 7.40. The lowest BCUT2D eigenvalue weighted by Gasteiger charge is -2.28. The Hall–Kier alpha value is -1.06. The standard InChI is InChI=1S/C16H25NO2/c1-2-14-6-8-16(9-7-14)19-13-15(18)12-17-10-4-3-5-11-17/h6-9,15,18H,2-5,10-13H2,1H3/t15-/m0/s1. The maximum Gasteiger partial charge on any atom is 0.119 e. The zero-order chi connectivity index (χ0) is 13.5. The molecule has 1 aromatic rings. The summed E-state index contributed by atoms with van der Waals surface area (Å²) < 4.78 is 5.63. The van der Waals surface area contributed by atoms with Gasteiger partial charge in [0.2, 0.25) is 0 Å². The summed E-state index contributed by atoms with van der Waals surface area (Å²) in [7, 11) is 0. The zero-order valence-corrected chi connectivity index (χ0v) is 11.8. The number of aliphatic hydroxyl groups is 1. The van der Waals surface area contributed by atoms with Gasteiger partial charge in [-0.05, 0) is 50.0 Å². The number of nitrogens with zero attached hydrogens (tertiary/aromatic N) is 1. The molecule has 0 bridgehead atoms. The van der Waals surface area contributed by atoms with E-state index in [2.05, 4.69) is 24.0 Å². The van der Waals surface area contributed by atoms with Gasteiger partial charge in [-0.2, -0.15) is 0 Å². The van der Waals surface area contributed by atoms with Gasteiger partial charge < -0.3 is 14.7 Å². The Labute approximate surface area is 116 Å². The Morgan fingerprint density at radius 2 is 1.84 bits per heavy atom. The van der Waals surface area contributed by atoms with Crippen LogP contribution in [-0.2, 0) is 6.42 Å². The molecule has 1 N–H and O–H groups in total. The highest BCUT2D eigenvalue weighted by atomic mass is 16.5. The number of likely N-dealkylation sites (tertiary alicyclic amines) is 1. The summed E-state index contributed by atoms with van der Waals surface area (Å²) in [4.78, 5) is 2.33. The Bertz CT molecular complexity index is 358. The van der Waals surface area contributed by atoms with E-state index in [0.29, 0.717) is 6.61 Å². The molecular formula is C16H25NO2. The third-order valence-corrected chi connectivity index (χ3v) is 3.69. The number of piperidine rings is 1. The summed E-state index contributed by atoms with van der Waals surface area (Å²) in [5.41, 5.74) is 1.31. The second kappa shape index (κ2) is 7.51. The van der Waals surface area contributed by atoms with Crippen molar-refractivity contribution in [2.24, 2.45) is 0 Å². The van der Waals surface area contributed by atoms with E-state index < -0.39 is 6.10 Å². The Morgan fingerprint density at radius 3 is 2.47 bits per heavy atom. The number of benzene rings is 1. The van der Waals surface area contributed by atoms with Crippen LogP contribution >= 0.6 is 0 Å². The highest BCUT2D eigenvalue weighted by Crippen LogP contribution is 2.13. The van der Waals surface area contributed by atoms with Crippen LogP contribution in [0.2, 0.25) is 0 Å². The number of aryl methyl sites for hydroxylation is 1. The molecule has 1 heterocycles. The van der Waals surface area contributed by atoms with Gasteiger partial charge in [0.05, 0.1) is 0 Å². The maximum atomic E-state index is 10.00. The van der Waals surface area contributed by atoms with Crippen molar-refractivity contribution >= 4 is 0 Å². The van der Waals surface area contributed by atoms with Gasteiger partial charge in [0.15, 0.2) is 0 Å². The normalized spacial score (nSPS) is 18.2. The Kier molecular flexibility index (Phi) is 5.67. The van der Waals surface area contributed by atoms with Gasteiger partial charge in [0.1, 0.15) is 18.5 Å². The maximum absolute atomic E-state index is 10.00. The highest BCUT2D eigenvalue weighted by Gasteiger charge is 2.14. The second-order valence-corrected chi connectivity index (χ2v) is 5.32. The van der Waals surface area contributed by atoms with E-state index in [-0.39, 0.29) is 0 Å². The van der Waals surface area contributed by atoms with E-state index in [9.17, 15) is 5.11 Å². The van der Waals surface area contributed by atoms with Crippen LogP contribution in [0.3, 0.4) is 0 Å². The summed E-state index contributed by atoms with van der Waals surface area (Å²) in [6, 6.07) is 8.11.